The van der Waals surface area contributed by atoms with E-state index in [0.29, 0.717) is 22.1 Å². The van der Waals surface area contributed by atoms with Crippen LogP contribution < -0.4 is 10.6 Å². The molecule has 2 amide bonds. The highest BCUT2D eigenvalue weighted by molar-refractivity contribution is 7.99. The van der Waals surface area contributed by atoms with Gasteiger partial charge in [0.15, 0.2) is 11.0 Å². The summed E-state index contributed by atoms with van der Waals surface area (Å²) in [6, 6.07) is 16.8. The molecule has 220 valence electrons. The Bertz CT molecular complexity index is 1600. The highest BCUT2D eigenvalue weighted by Crippen LogP contribution is 2.35. The summed E-state index contributed by atoms with van der Waals surface area (Å²) in [5.41, 5.74) is 0.713. The molecule has 0 spiro atoms. The second-order valence-corrected chi connectivity index (χ2v) is 12.0. The molecule has 0 aliphatic heterocycles. The lowest BCUT2D eigenvalue weighted by molar-refractivity contribution is -0.137. The lowest BCUT2D eigenvalue weighted by Crippen LogP contribution is -2.25. The molecule has 4 aromatic rings. The SMILES string of the molecule is CC(C)(C)c1ccc(C(=O)NCc2nnc(SCC(=O)Nc3ccccc3C(F)(F)F)n2-c2ccc(Cl)c(Cl)c2)cc1. The number of carbonyl (C=O) groups is 2. The summed E-state index contributed by atoms with van der Waals surface area (Å²) in [7, 11) is 0. The van der Waals surface area contributed by atoms with Gasteiger partial charge in [-0.25, -0.2) is 0 Å². The Labute approximate surface area is 254 Å². The van der Waals surface area contributed by atoms with E-state index in [9.17, 15) is 22.8 Å². The molecule has 0 aliphatic rings. The van der Waals surface area contributed by atoms with Crippen LogP contribution in [0.4, 0.5) is 18.9 Å². The molecule has 0 atom stereocenters. The van der Waals surface area contributed by atoms with Gasteiger partial charge in [-0.05, 0) is 53.4 Å². The molecule has 42 heavy (non-hydrogen) atoms. The molecule has 3 aromatic carbocycles. The summed E-state index contributed by atoms with van der Waals surface area (Å²) in [4.78, 5) is 25.5. The number of alkyl halides is 3. The minimum Gasteiger partial charge on any atom is -0.345 e. The Balaban J connectivity index is 1.53. The molecule has 0 fully saturated rings. The van der Waals surface area contributed by atoms with Gasteiger partial charge < -0.3 is 10.6 Å². The minimum absolute atomic E-state index is 0.0151. The third-order valence-electron chi connectivity index (χ3n) is 6.12. The molecule has 1 aromatic heterocycles. The average molecular weight is 637 g/mol. The van der Waals surface area contributed by atoms with E-state index in [1.807, 2.05) is 12.1 Å². The Morgan fingerprint density at radius 3 is 2.26 bits per heavy atom. The van der Waals surface area contributed by atoms with Crippen LogP contribution in [0.5, 0.6) is 0 Å². The molecule has 0 bridgehead atoms. The number of nitrogens with one attached hydrogen (secondary N) is 2. The highest BCUT2D eigenvalue weighted by atomic mass is 35.5. The molecular formula is C29H26Cl2F3N5O2S. The van der Waals surface area contributed by atoms with Crippen molar-refractivity contribution < 1.29 is 22.8 Å². The lowest BCUT2D eigenvalue weighted by atomic mass is 9.87. The Morgan fingerprint density at radius 2 is 1.62 bits per heavy atom. The fraction of sp³-hybridized carbons (Fsp3) is 0.241. The molecule has 0 unspecified atom stereocenters. The van der Waals surface area contributed by atoms with Crippen molar-refractivity contribution in [2.45, 2.75) is 44.1 Å². The fourth-order valence-electron chi connectivity index (χ4n) is 3.93. The monoisotopic (exact) mass is 635 g/mol. The highest BCUT2D eigenvalue weighted by Gasteiger charge is 2.33. The van der Waals surface area contributed by atoms with Crippen LogP contribution in [0.2, 0.25) is 10.0 Å². The maximum absolute atomic E-state index is 13.3. The molecule has 0 aliphatic carbocycles. The van der Waals surface area contributed by atoms with Crippen molar-refractivity contribution in [3.8, 4) is 5.69 Å². The van der Waals surface area contributed by atoms with E-state index >= 15 is 0 Å². The minimum atomic E-state index is -4.63. The van der Waals surface area contributed by atoms with E-state index in [2.05, 4.69) is 41.6 Å². The first-order chi connectivity index (χ1) is 19.7. The largest absolute Gasteiger partial charge is 0.418 e. The zero-order chi connectivity index (χ0) is 30.7. The summed E-state index contributed by atoms with van der Waals surface area (Å²) in [6.07, 6.45) is -4.63. The smallest absolute Gasteiger partial charge is 0.345 e. The molecule has 13 heteroatoms. The topological polar surface area (TPSA) is 88.9 Å². The molecule has 7 nitrogen and oxygen atoms in total. The predicted octanol–water partition coefficient (Wildman–Crippen LogP) is 7.55. The summed E-state index contributed by atoms with van der Waals surface area (Å²) in [5.74, 6) is -0.929. The Hall–Kier alpha value is -3.54. The number of benzene rings is 3. The number of amides is 2. The molecule has 4 rings (SSSR count). The van der Waals surface area contributed by atoms with Crippen molar-refractivity contribution in [2.24, 2.45) is 0 Å². The number of rotatable bonds is 8. The summed E-state index contributed by atoms with van der Waals surface area (Å²) in [6.45, 7) is 6.23. The number of hydrogen-bond donors (Lipinski definition) is 2. The van der Waals surface area contributed by atoms with Crippen LogP contribution in [0.3, 0.4) is 0 Å². The van der Waals surface area contributed by atoms with Crippen LogP contribution in [0.1, 0.15) is 48.1 Å². The van der Waals surface area contributed by atoms with Crippen LogP contribution in [0, 0.1) is 0 Å². The second kappa shape index (κ2) is 12.8. The predicted molar refractivity (Wildman–Crippen MR) is 158 cm³/mol. The number of para-hydroxylation sites is 1. The molecule has 0 radical (unpaired) electrons. The zero-order valence-corrected chi connectivity index (χ0v) is 25.0. The quantitative estimate of drug-likeness (QED) is 0.195. The molecule has 0 saturated carbocycles. The van der Waals surface area contributed by atoms with Crippen molar-refractivity contribution in [2.75, 3.05) is 11.1 Å². The number of thioether (sulfide) groups is 1. The van der Waals surface area contributed by atoms with Gasteiger partial charge in [-0.3, -0.25) is 14.2 Å². The summed E-state index contributed by atoms with van der Waals surface area (Å²) >= 11 is 13.3. The lowest BCUT2D eigenvalue weighted by Gasteiger charge is -2.19. The van der Waals surface area contributed by atoms with Crippen LogP contribution >= 0.6 is 35.0 Å². The first-order valence-electron chi connectivity index (χ1n) is 12.6. The van der Waals surface area contributed by atoms with Crippen molar-refractivity contribution >= 4 is 52.5 Å². The van der Waals surface area contributed by atoms with Crippen molar-refractivity contribution in [3.63, 3.8) is 0 Å². The van der Waals surface area contributed by atoms with E-state index in [4.69, 9.17) is 23.2 Å². The molecular weight excluding hydrogens is 610 g/mol. The maximum Gasteiger partial charge on any atom is 0.418 e. The van der Waals surface area contributed by atoms with Gasteiger partial charge in [-0.1, -0.05) is 80.0 Å². The van der Waals surface area contributed by atoms with Gasteiger partial charge in [0.2, 0.25) is 5.91 Å². The van der Waals surface area contributed by atoms with Gasteiger partial charge >= 0.3 is 6.18 Å². The van der Waals surface area contributed by atoms with Crippen LogP contribution in [0.25, 0.3) is 5.69 Å². The standard InChI is InChI=1S/C29H26Cl2F3N5O2S/c1-28(2,3)18-10-8-17(9-11-18)26(41)35-15-24-37-38-27(39(24)19-12-13-21(30)22(31)14-19)42-16-25(40)36-23-7-5-4-6-20(23)29(32,33)34/h4-14H,15-16H2,1-3H3,(H,35,41)(H,36,40). The van der Waals surface area contributed by atoms with E-state index in [1.54, 1.807) is 34.9 Å². The summed E-state index contributed by atoms with van der Waals surface area (Å²) in [5, 5.41) is 14.3. The normalized spacial score (nSPS) is 11.8. The first-order valence-corrected chi connectivity index (χ1v) is 14.4. The zero-order valence-electron chi connectivity index (χ0n) is 22.7. The number of halogens is 5. The van der Waals surface area contributed by atoms with Crippen molar-refractivity contribution in [3.05, 3.63) is 99.3 Å². The fourth-order valence-corrected chi connectivity index (χ4v) is 4.99. The molecule has 0 saturated heterocycles. The van der Waals surface area contributed by atoms with Gasteiger partial charge in [-0.15, -0.1) is 10.2 Å². The average Bonchev–Trinajstić information content (AvgIpc) is 3.34. The number of hydrogen-bond acceptors (Lipinski definition) is 5. The van der Waals surface area contributed by atoms with E-state index in [0.717, 1.165) is 23.4 Å². The Morgan fingerprint density at radius 1 is 0.929 bits per heavy atom. The first kappa shape index (κ1) is 31.4. The van der Waals surface area contributed by atoms with Crippen molar-refractivity contribution in [1.29, 1.82) is 0 Å². The molecule has 2 N–H and O–H groups in total. The molecule has 1 heterocycles. The third kappa shape index (κ3) is 7.64. The third-order valence-corrected chi connectivity index (χ3v) is 7.79. The van der Waals surface area contributed by atoms with Crippen LogP contribution in [0.15, 0.2) is 71.9 Å². The number of nitrogens with zero attached hydrogens (tertiary/aromatic N) is 3. The van der Waals surface area contributed by atoms with Gasteiger partial charge in [-0.2, -0.15) is 13.2 Å². The van der Waals surface area contributed by atoms with Gasteiger partial charge in [0.05, 0.1) is 39.3 Å². The van der Waals surface area contributed by atoms with E-state index in [1.165, 1.54) is 18.2 Å². The maximum atomic E-state index is 13.3. The second-order valence-electron chi connectivity index (χ2n) is 10.2. The van der Waals surface area contributed by atoms with E-state index in [-0.39, 0.29) is 39.5 Å². The summed E-state index contributed by atoms with van der Waals surface area (Å²) < 4.78 is 41.6. The number of aromatic nitrogens is 3. The van der Waals surface area contributed by atoms with Gasteiger partial charge in [0.1, 0.15) is 0 Å². The number of carbonyl (C=O) groups excluding carboxylic acids is 2. The van der Waals surface area contributed by atoms with Crippen LogP contribution in [-0.2, 0) is 22.9 Å². The Kier molecular flexibility index (Phi) is 9.54. The van der Waals surface area contributed by atoms with Crippen LogP contribution in [-0.4, -0.2) is 32.3 Å². The number of anilines is 1. The van der Waals surface area contributed by atoms with Gasteiger partial charge in [0.25, 0.3) is 5.91 Å². The van der Waals surface area contributed by atoms with Gasteiger partial charge in [0, 0.05) is 5.56 Å². The van der Waals surface area contributed by atoms with E-state index < -0.39 is 17.6 Å². The van der Waals surface area contributed by atoms with Crippen molar-refractivity contribution in [1.82, 2.24) is 20.1 Å².